The van der Waals surface area contributed by atoms with Crippen molar-refractivity contribution in [3.8, 4) is 0 Å². The number of nitrogens with zero attached hydrogens (tertiary/aromatic N) is 4. The molecule has 3 heterocycles. The standard InChI is InChI=1S/C28H38F2N6O3/c1-4-21-23(36-14-19(12-25(37)38)13-28(29,30)16-36)8-7-22(33-21)26(31)24(34(3)32)15-35-10-9-20(11-18-5-6-18)17(2)27(35)39/h7-10,18-19H,4-6,11-16,31-32H2,1-3H3,(H,37,38)/b26-24-. The molecule has 1 aliphatic carbocycles. The van der Waals surface area contributed by atoms with Crippen LogP contribution in [0.15, 0.2) is 34.9 Å². The second-order valence-corrected chi connectivity index (χ2v) is 10.9. The van der Waals surface area contributed by atoms with Crippen molar-refractivity contribution < 1.29 is 18.7 Å². The molecule has 212 valence electrons. The van der Waals surface area contributed by atoms with Crippen molar-refractivity contribution >= 4 is 17.4 Å². The van der Waals surface area contributed by atoms with Crippen molar-refractivity contribution in [2.24, 2.45) is 23.4 Å². The molecule has 1 saturated carbocycles. The summed E-state index contributed by atoms with van der Waals surface area (Å²) in [6.45, 7) is 3.56. The van der Waals surface area contributed by atoms with Gasteiger partial charge in [-0.25, -0.2) is 19.6 Å². The fourth-order valence-electron chi connectivity index (χ4n) is 5.37. The van der Waals surface area contributed by atoms with Crippen LogP contribution in [0.4, 0.5) is 14.5 Å². The van der Waals surface area contributed by atoms with Crippen LogP contribution in [0.2, 0.25) is 0 Å². The van der Waals surface area contributed by atoms with Crippen molar-refractivity contribution in [2.75, 3.05) is 25.0 Å². The number of hydrogen-bond acceptors (Lipinski definition) is 7. The van der Waals surface area contributed by atoms with Crippen molar-refractivity contribution in [3.63, 3.8) is 0 Å². The molecule has 1 aliphatic heterocycles. The average Bonchev–Trinajstić information content (AvgIpc) is 3.68. The maximum Gasteiger partial charge on any atom is 0.303 e. The monoisotopic (exact) mass is 544 g/mol. The van der Waals surface area contributed by atoms with E-state index in [1.54, 1.807) is 29.9 Å². The molecule has 39 heavy (non-hydrogen) atoms. The van der Waals surface area contributed by atoms with Gasteiger partial charge in [0.15, 0.2) is 0 Å². The molecule has 0 bridgehead atoms. The highest BCUT2D eigenvalue weighted by Crippen LogP contribution is 2.36. The Kier molecular flexibility index (Phi) is 8.29. The number of halogens is 2. The molecule has 1 unspecified atom stereocenters. The predicted octanol–water partition coefficient (Wildman–Crippen LogP) is 3.14. The summed E-state index contributed by atoms with van der Waals surface area (Å²) in [5, 5.41) is 10.5. The molecule has 2 aliphatic rings. The number of hydrogen-bond donors (Lipinski definition) is 3. The second-order valence-electron chi connectivity index (χ2n) is 10.9. The number of carboxylic acids is 1. The summed E-state index contributed by atoms with van der Waals surface area (Å²) >= 11 is 0. The number of pyridine rings is 2. The Bertz CT molecular complexity index is 1320. The first kappa shape index (κ1) is 28.5. The zero-order valence-electron chi connectivity index (χ0n) is 22.8. The third-order valence-electron chi connectivity index (χ3n) is 7.63. The maximum atomic E-state index is 14.5. The molecular weight excluding hydrogens is 506 g/mol. The molecule has 0 aromatic carbocycles. The number of anilines is 1. The zero-order chi connectivity index (χ0) is 28.5. The molecule has 4 rings (SSSR count). The van der Waals surface area contributed by atoms with E-state index in [0.717, 1.165) is 17.5 Å². The molecule has 0 amide bonds. The van der Waals surface area contributed by atoms with E-state index in [1.165, 1.54) is 22.8 Å². The van der Waals surface area contributed by atoms with Crippen LogP contribution in [0.5, 0.6) is 0 Å². The number of likely N-dealkylation sites (N-methyl/N-ethyl adjacent to an activating group) is 1. The number of carbonyl (C=O) groups is 1. The Hall–Kier alpha value is -3.47. The van der Waals surface area contributed by atoms with Gasteiger partial charge in [-0.1, -0.05) is 6.92 Å². The maximum absolute atomic E-state index is 14.5. The van der Waals surface area contributed by atoms with Crippen LogP contribution in [0.25, 0.3) is 5.70 Å². The number of rotatable bonds is 10. The van der Waals surface area contributed by atoms with Gasteiger partial charge in [0.05, 0.1) is 48.0 Å². The number of allylic oxidation sites excluding steroid dienone is 1. The number of alkyl halides is 2. The second kappa shape index (κ2) is 11.3. The first-order valence-corrected chi connectivity index (χ1v) is 13.4. The minimum Gasteiger partial charge on any atom is -0.481 e. The largest absolute Gasteiger partial charge is 0.481 e. The Morgan fingerprint density at radius 3 is 2.59 bits per heavy atom. The van der Waals surface area contributed by atoms with Crippen molar-refractivity contribution in [1.82, 2.24) is 14.6 Å². The highest BCUT2D eigenvalue weighted by atomic mass is 19.3. The van der Waals surface area contributed by atoms with Crippen LogP contribution in [0.3, 0.4) is 0 Å². The first-order chi connectivity index (χ1) is 18.4. The first-order valence-electron chi connectivity index (χ1n) is 13.4. The molecule has 0 spiro atoms. The highest BCUT2D eigenvalue weighted by molar-refractivity contribution is 5.68. The highest BCUT2D eigenvalue weighted by Gasteiger charge is 2.41. The van der Waals surface area contributed by atoms with Crippen molar-refractivity contribution in [1.29, 1.82) is 0 Å². The van der Waals surface area contributed by atoms with Gasteiger partial charge in [0.1, 0.15) is 0 Å². The fraction of sp³-hybridized carbons (Fsp3) is 0.536. The third kappa shape index (κ3) is 6.76. The fourth-order valence-corrected chi connectivity index (χ4v) is 5.37. The van der Waals surface area contributed by atoms with Crippen LogP contribution in [-0.4, -0.2) is 51.7 Å². The Morgan fingerprint density at radius 1 is 1.26 bits per heavy atom. The molecule has 2 aromatic rings. The van der Waals surface area contributed by atoms with Crippen LogP contribution in [-0.2, 0) is 24.2 Å². The normalized spacial score (nSPS) is 19.5. The van der Waals surface area contributed by atoms with Crippen LogP contribution < -0.4 is 22.0 Å². The van der Waals surface area contributed by atoms with Crippen molar-refractivity contribution in [2.45, 2.75) is 64.8 Å². The Labute approximate surface area is 227 Å². The van der Waals surface area contributed by atoms with Gasteiger partial charge in [0.2, 0.25) is 0 Å². The van der Waals surface area contributed by atoms with Gasteiger partial charge in [0, 0.05) is 31.8 Å². The average molecular weight is 545 g/mol. The smallest absolute Gasteiger partial charge is 0.303 e. The van der Waals surface area contributed by atoms with E-state index in [2.05, 4.69) is 4.98 Å². The topological polar surface area (TPSA) is 131 Å². The lowest BCUT2D eigenvalue weighted by molar-refractivity contribution is -0.139. The number of hydrazine groups is 1. The van der Waals surface area contributed by atoms with Gasteiger partial charge >= 0.3 is 5.97 Å². The van der Waals surface area contributed by atoms with E-state index in [-0.39, 0.29) is 30.8 Å². The Balaban J connectivity index is 1.63. The van der Waals surface area contributed by atoms with E-state index in [1.807, 2.05) is 19.9 Å². The van der Waals surface area contributed by atoms with Crippen LogP contribution in [0.1, 0.15) is 55.1 Å². The zero-order valence-corrected chi connectivity index (χ0v) is 22.8. The van der Waals surface area contributed by atoms with Crippen LogP contribution in [0, 0.1) is 18.8 Å². The van der Waals surface area contributed by atoms with Gasteiger partial charge in [-0.15, -0.1) is 0 Å². The van der Waals surface area contributed by atoms with Gasteiger partial charge in [-0.2, -0.15) is 0 Å². The predicted molar refractivity (Wildman–Crippen MR) is 146 cm³/mol. The molecule has 1 saturated heterocycles. The molecule has 0 radical (unpaired) electrons. The van der Waals surface area contributed by atoms with Gasteiger partial charge in [-0.05, 0) is 68.2 Å². The lowest BCUT2D eigenvalue weighted by Crippen LogP contribution is -2.48. The number of nitrogens with two attached hydrogens (primary N) is 2. The summed E-state index contributed by atoms with van der Waals surface area (Å²) in [6.07, 6.45) is 4.78. The summed E-state index contributed by atoms with van der Waals surface area (Å²) in [5.41, 5.74) is 10.5. The number of carboxylic acid groups (broad SMARTS) is 1. The Morgan fingerprint density at radius 2 is 1.97 bits per heavy atom. The number of aryl methyl sites for hydroxylation is 1. The van der Waals surface area contributed by atoms with Crippen LogP contribution >= 0.6 is 0 Å². The molecule has 2 aromatic heterocycles. The molecule has 1 atom stereocenters. The summed E-state index contributed by atoms with van der Waals surface area (Å²) in [6, 6.07) is 5.33. The third-order valence-corrected chi connectivity index (χ3v) is 7.63. The summed E-state index contributed by atoms with van der Waals surface area (Å²) in [7, 11) is 1.63. The summed E-state index contributed by atoms with van der Waals surface area (Å²) < 4.78 is 30.6. The van der Waals surface area contributed by atoms with E-state index >= 15 is 0 Å². The van der Waals surface area contributed by atoms with E-state index in [9.17, 15) is 18.4 Å². The SMILES string of the molecule is CCc1nc(/C(N)=C(\Cn2ccc(CC3CC3)c(C)c2=O)N(C)N)ccc1N1CC(CC(=O)O)CC(F)(F)C1. The lowest BCUT2D eigenvalue weighted by atomic mass is 9.91. The van der Waals surface area contributed by atoms with E-state index in [0.29, 0.717) is 35.1 Å². The lowest BCUT2D eigenvalue weighted by Gasteiger charge is -2.39. The molecular formula is C28H38F2N6O3. The minimum absolute atomic E-state index is 0.0974. The van der Waals surface area contributed by atoms with Crippen molar-refractivity contribution in [3.05, 3.63) is 63.0 Å². The number of aliphatic carboxylic acids is 1. The van der Waals surface area contributed by atoms with Gasteiger partial charge < -0.3 is 25.3 Å². The number of aromatic nitrogens is 2. The summed E-state index contributed by atoms with van der Waals surface area (Å²) in [4.78, 5) is 30.5. The minimum atomic E-state index is -3.00. The molecule has 9 nitrogen and oxygen atoms in total. The quantitative estimate of drug-likeness (QED) is 0.307. The number of piperidine rings is 1. The van der Waals surface area contributed by atoms with Gasteiger partial charge in [-0.3, -0.25) is 9.59 Å². The molecule has 5 N–H and O–H groups in total. The van der Waals surface area contributed by atoms with E-state index in [4.69, 9.17) is 16.7 Å². The summed E-state index contributed by atoms with van der Waals surface area (Å²) in [5.74, 6) is 2.03. The molecule has 11 heteroatoms. The van der Waals surface area contributed by atoms with E-state index < -0.39 is 30.8 Å². The van der Waals surface area contributed by atoms with Gasteiger partial charge in [0.25, 0.3) is 11.5 Å². The molecule has 2 fully saturated rings.